The molecule has 21 heavy (non-hydrogen) atoms. The Bertz CT molecular complexity index is 704. The number of hydrogen-bond donors (Lipinski definition) is 0. The van der Waals surface area contributed by atoms with E-state index in [4.69, 9.17) is 0 Å². The third-order valence-electron chi connectivity index (χ3n) is 5.26. The molecule has 2 heteroatoms. The van der Waals surface area contributed by atoms with E-state index in [9.17, 15) is 0 Å². The summed E-state index contributed by atoms with van der Waals surface area (Å²) in [6.45, 7) is 6.90. The molecule has 0 aromatic heterocycles. The normalized spacial score (nSPS) is 17.7. The number of nitrogens with zero attached hydrogens (tertiary/aromatic N) is 2. The van der Waals surface area contributed by atoms with Crippen molar-refractivity contribution in [2.24, 2.45) is 0 Å². The second-order valence-electron chi connectivity index (χ2n) is 6.68. The molecule has 0 saturated carbocycles. The van der Waals surface area contributed by atoms with E-state index in [1.54, 1.807) is 0 Å². The molecule has 0 fully saturated rings. The van der Waals surface area contributed by atoms with E-state index in [-0.39, 0.29) is 0 Å². The lowest BCUT2D eigenvalue weighted by Crippen LogP contribution is -2.29. The third kappa shape index (κ3) is 1.78. The number of anilines is 2. The Morgan fingerprint density at radius 3 is 2.90 bits per heavy atom. The Morgan fingerprint density at radius 1 is 1.24 bits per heavy atom. The van der Waals surface area contributed by atoms with Gasteiger partial charge in [0.25, 0.3) is 0 Å². The topological polar surface area (TPSA) is 6.48 Å². The number of hydrogen-bond acceptors (Lipinski definition) is 2. The molecule has 2 aromatic carbocycles. The van der Waals surface area contributed by atoms with Crippen molar-refractivity contribution in [2.75, 3.05) is 23.4 Å². The summed E-state index contributed by atoms with van der Waals surface area (Å²) in [4.78, 5) is 5.05. The first-order chi connectivity index (χ1) is 10.2. The molecule has 110 valence electrons. The quantitative estimate of drug-likeness (QED) is 0.825. The molecule has 4 rings (SSSR count). The molecule has 0 spiro atoms. The smallest absolute Gasteiger partial charge is 0.0478 e. The minimum Gasteiger partial charge on any atom is -0.374 e. The predicted molar refractivity (Wildman–Crippen MR) is 91.5 cm³/mol. The van der Waals surface area contributed by atoms with Gasteiger partial charge in [-0.15, -0.1) is 0 Å². The Hall–Kier alpha value is -1.70. The molecule has 0 saturated heterocycles. The van der Waals surface area contributed by atoms with Crippen molar-refractivity contribution < 1.29 is 0 Å². The predicted octanol–water partition coefficient (Wildman–Crippen LogP) is 4.34. The lowest BCUT2D eigenvalue weighted by Gasteiger charge is -2.28. The van der Waals surface area contributed by atoms with Crippen LogP contribution in [0.2, 0.25) is 0 Å². The molecule has 2 aliphatic heterocycles. The minimum atomic E-state index is 0.628. The molecule has 0 N–H and O–H groups in total. The summed E-state index contributed by atoms with van der Waals surface area (Å²) < 4.78 is 0. The molecule has 0 amide bonds. The van der Waals surface area contributed by atoms with Gasteiger partial charge < -0.3 is 9.80 Å². The van der Waals surface area contributed by atoms with Crippen molar-refractivity contribution in [3.05, 3.63) is 35.4 Å². The summed E-state index contributed by atoms with van der Waals surface area (Å²) in [5.74, 6) is 0. The average Bonchev–Trinajstić information content (AvgIpc) is 3.03. The van der Waals surface area contributed by atoms with Crippen LogP contribution in [0.15, 0.2) is 24.3 Å². The van der Waals surface area contributed by atoms with Gasteiger partial charge in [0.2, 0.25) is 0 Å². The zero-order chi connectivity index (χ0) is 14.6. The van der Waals surface area contributed by atoms with Gasteiger partial charge in [-0.1, -0.05) is 31.5 Å². The first-order valence-corrected chi connectivity index (χ1v) is 8.26. The Morgan fingerprint density at radius 2 is 2.10 bits per heavy atom. The largest absolute Gasteiger partial charge is 0.374 e. The summed E-state index contributed by atoms with van der Waals surface area (Å²) in [5.41, 5.74) is 6.00. The first kappa shape index (κ1) is 13.0. The summed E-state index contributed by atoms with van der Waals surface area (Å²) in [6, 6.07) is 9.97. The average molecular weight is 280 g/mol. The minimum absolute atomic E-state index is 0.628. The SMILES string of the molecule is CCCC(C)N1Cc2cccc3c4c(cc1c23)CCN4C. The molecule has 1 unspecified atom stereocenters. The van der Waals surface area contributed by atoms with Gasteiger partial charge in [0.05, 0.1) is 0 Å². The van der Waals surface area contributed by atoms with Crippen LogP contribution in [0.1, 0.15) is 37.8 Å². The highest BCUT2D eigenvalue weighted by atomic mass is 15.2. The van der Waals surface area contributed by atoms with Crippen molar-refractivity contribution >= 4 is 22.1 Å². The summed E-state index contributed by atoms with van der Waals surface area (Å²) in [6.07, 6.45) is 3.71. The fourth-order valence-electron chi connectivity index (χ4n) is 4.21. The van der Waals surface area contributed by atoms with Crippen molar-refractivity contribution in [1.82, 2.24) is 0 Å². The van der Waals surface area contributed by atoms with Crippen LogP contribution in [-0.4, -0.2) is 19.6 Å². The van der Waals surface area contributed by atoms with Crippen LogP contribution in [0.5, 0.6) is 0 Å². The fraction of sp³-hybridized carbons (Fsp3) is 0.474. The van der Waals surface area contributed by atoms with E-state index in [0.717, 1.165) is 13.1 Å². The van der Waals surface area contributed by atoms with E-state index in [2.05, 4.69) is 55.0 Å². The fourth-order valence-corrected chi connectivity index (χ4v) is 4.21. The van der Waals surface area contributed by atoms with Gasteiger partial charge in [0.15, 0.2) is 0 Å². The van der Waals surface area contributed by atoms with Crippen molar-refractivity contribution in [2.45, 2.75) is 45.7 Å². The van der Waals surface area contributed by atoms with Gasteiger partial charge in [-0.3, -0.25) is 0 Å². The maximum Gasteiger partial charge on any atom is 0.0478 e. The van der Waals surface area contributed by atoms with Crippen LogP contribution in [-0.2, 0) is 13.0 Å². The van der Waals surface area contributed by atoms with Gasteiger partial charge >= 0.3 is 0 Å². The molecule has 2 aromatic rings. The molecular formula is C19H24N2. The highest BCUT2D eigenvalue weighted by Gasteiger charge is 2.29. The van der Waals surface area contributed by atoms with Crippen LogP contribution < -0.4 is 9.80 Å². The number of benzene rings is 2. The zero-order valence-corrected chi connectivity index (χ0v) is 13.3. The van der Waals surface area contributed by atoms with E-state index in [1.165, 1.54) is 52.5 Å². The molecule has 1 atom stereocenters. The highest BCUT2D eigenvalue weighted by Crippen LogP contribution is 2.46. The second-order valence-corrected chi connectivity index (χ2v) is 6.68. The Kier molecular flexibility index (Phi) is 2.88. The maximum atomic E-state index is 2.62. The van der Waals surface area contributed by atoms with E-state index in [0.29, 0.717) is 6.04 Å². The van der Waals surface area contributed by atoms with Crippen molar-refractivity contribution in [1.29, 1.82) is 0 Å². The second kappa shape index (κ2) is 4.66. The first-order valence-electron chi connectivity index (χ1n) is 8.26. The lowest BCUT2D eigenvalue weighted by atomic mass is 10.00. The molecule has 0 aliphatic carbocycles. The molecule has 2 heterocycles. The Labute approximate surface area is 127 Å². The molecule has 0 bridgehead atoms. The summed E-state index contributed by atoms with van der Waals surface area (Å²) >= 11 is 0. The molecule has 2 aliphatic rings. The van der Waals surface area contributed by atoms with Crippen LogP contribution in [0.25, 0.3) is 10.8 Å². The van der Waals surface area contributed by atoms with Gasteiger partial charge in [0.1, 0.15) is 0 Å². The third-order valence-corrected chi connectivity index (χ3v) is 5.26. The Balaban J connectivity index is 1.93. The standard InChI is InChI=1S/C19H24N2/c1-4-6-13(2)21-12-15-7-5-8-16-18(15)17(21)11-14-9-10-20(3)19(14)16/h5,7-8,11,13H,4,6,9-10,12H2,1-3H3. The highest BCUT2D eigenvalue weighted by molar-refractivity contribution is 6.08. The van der Waals surface area contributed by atoms with Crippen molar-refractivity contribution in [3.63, 3.8) is 0 Å². The molecule has 2 nitrogen and oxygen atoms in total. The number of rotatable bonds is 3. The summed E-state index contributed by atoms with van der Waals surface area (Å²) in [5, 5.41) is 2.97. The molecular weight excluding hydrogens is 256 g/mol. The van der Waals surface area contributed by atoms with E-state index < -0.39 is 0 Å². The van der Waals surface area contributed by atoms with Gasteiger partial charge in [-0.25, -0.2) is 0 Å². The van der Waals surface area contributed by atoms with Crippen LogP contribution >= 0.6 is 0 Å². The van der Waals surface area contributed by atoms with Gasteiger partial charge in [-0.2, -0.15) is 0 Å². The van der Waals surface area contributed by atoms with E-state index in [1.807, 2.05) is 0 Å². The summed E-state index contributed by atoms with van der Waals surface area (Å²) in [7, 11) is 2.23. The monoisotopic (exact) mass is 280 g/mol. The van der Waals surface area contributed by atoms with Crippen molar-refractivity contribution in [3.8, 4) is 0 Å². The number of fused-ring (bicyclic) bond motifs is 2. The number of likely N-dealkylation sites (N-methyl/N-ethyl adjacent to an activating group) is 1. The van der Waals surface area contributed by atoms with Crippen LogP contribution in [0.3, 0.4) is 0 Å². The maximum absolute atomic E-state index is 2.62. The van der Waals surface area contributed by atoms with E-state index >= 15 is 0 Å². The zero-order valence-electron chi connectivity index (χ0n) is 13.3. The lowest BCUT2D eigenvalue weighted by molar-refractivity contribution is 0.587. The van der Waals surface area contributed by atoms with Gasteiger partial charge in [0, 0.05) is 48.3 Å². The van der Waals surface area contributed by atoms with Crippen LogP contribution in [0, 0.1) is 0 Å². The van der Waals surface area contributed by atoms with Crippen LogP contribution in [0.4, 0.5) is 11.4 Å². The molecule has 0 radical (unpaired) electrons. The van der Waals surface area contributed by atoms with Gasteiger partial charge in [-0.05, 0) is 37.0 Å².